The third-order valence-electron chi connectivity index (χ3n) is 2.37. The van der Waals surface area contributed by atoms with Crippen LogP contribution in [0.3, 0.4) is 0 Å². The second-order valence-corrected chi connectivity index (χ2v) is 4.05. The minimum Gasteiger partial charge on any atom is -0.380 e. The molecule has 0 aliphatic carbocycles. The van der Waals surface area contributed by atoms with Crippen LogP contribution >= 0.6 is 35.6 Å². The average molecular weight is 398 g/mol. The minimum absolute atomic E-state index is 0. The van der Waals surface area contributed by atoms with E-state index in [9.17, 15) is 0 Å². The Bertz CT molecular complexity index is 388. The largest absolute Gasteiger partial charge is 0.380 e. The smallest absolute Gasteiger partial charge is 0.191 e. The molecular formula is C13H21ClIN3O. The van der Waals surface area contributed by atoms with Crippen LogP contribution in [0.1, 0.15) is 12.5 Å². The second-order valence-electron chi connectivity index (χ2n) is 3.64. The Morgan fingerprint density at radius 3 is 2.68 bits per heavy atom. The quantitative estimate of drug-likeness (QED) is 0.336. The maximum absolute atomic E-state index is 6.08. The number of aliphatic imine (C=N–C) groups is 1. The first-order valence-corrected chi connectivity index (χ1v) is 6.41. The number of nitrogens with one attached hydrogen (secondary N) is 2. The summed E-state index contributed by atoms with van der Waals surface area (Å²) in [4.78, 5) is 4.13. The summed E-state index contributed by atoms with van der Waals surface area (Å²) in [5.41, 5.74) is 1.05. The van der Waals surface area contributed by atoms with Gasteiger partial charge >= 0.3 is 0 Å². The Morgan fingerprint density at radius 2 is 2.05 bits per heavy atom. The third kappa shape index (κ3) is 7.59. The summed E-state index contributed by atoms with van der Waals surface area (Å²) in [5.74, 6) is 0.745. The Balaban J connectivity index is 0.00000324. The first-order chi connectivity index (χ1) is 8.77. The zero-order valence-electron chi connectivity index (χ0n) is 11.3. The SMILES string of the molecule is CCOCCNC(=NC)NCc1ccccc1Cl.I. The van der Waals surface area contributed by atoms with Crippen LogP contribution in [0, 0.1) is 0 Å². The van der Waals surface area contributed by atoms with Crippen molar-refractivity contribution in [2.75, 3.05) is 26.8 Å². The normalized spacial score (nSPS) is 10.8. The van der Waals surface area contributed by atoms with E-state index >= 15 is 0 Å². The minimum atomic E-state index is 0. The molecule has 0 saturated heterocycles. The zero-order valence-corrected chi connectivity index (χ0v) is 14.4. The van der Waals surface area contributed by atoms with Crippen molar-refractivity contribution in [3.63, 3.8) is 0 Å². The fourth-order valence-electron chi connectivity index (χ4n) is 1.43. The zero-order chi connectivity index (χ0) is 13.2. The lowest BCUT2D eigenvalue weighted by Crippen LogP contribution is -2.38. The molecule has 0 amide bonds. The number of nitrogens with zero attached hydrogens (tertiary/aromatic N) is 1. The Morgan fingerprint density at radius 1 is 1.32 bits per heavy atom. The van der Waals surface area contributed by atoms with E-state index in [1.807, 2.05) is 31.2 Å². The van der Waals surface area contributed by atoms with Gasteiger partial charge in [-0.2, -0.15) is 0 Å². The van der Waals surface area contributed by atoms with E-state index in [2.05, 4.69) is 15.6 Å². The van der Waals surface area contributed by atoms with Gasteiger partial charge in [0, 0.05) is 31.8 Å². The molecule has 0 fully saturated rings. The van der Waals surface area contributed by atoms with Gasteiger partial charge in [-0.3, -0.25) is 4.99 Å². The summed E-state index contributed by atoms with van der Waals surface area (Å²) in [6.45, 7) is 4.76. The van der Waals surface area contributed by atoms with Crippen molar-refractivity contribution in [2.45, 2.75) is 13.5 Å². The lowest BCUT2D eigenvalue weighted by Gasteiger charge is -2.12. The van der Waals surface area contributed by atoms with Gasteiger partial charge < -0.3 is 15.4 Å². The van der Waals surface area contributed by atoms with Crippen molar-refractivity contribution in [3.8, 4) is 0 Å². The van der Waals surface area contributed by atoms with Crippen LogP contribution in [0.2, 0.25) is 5.02 Å². The van der Waals surface area contributed by atoms with Crippen molar-refractivity contribution in [1.29, 1.82) is 0 Å². The van der Waals surface area contributed by atoms with Gasteiger partial charge in [0.2, 0.25) is 0 Å². The average Bonchev–Trinajstić information content (AvgIpc) is 2.40. The van der Waals surface area contributed by atoms with Crippen LogP contribution in [0.4, 0.5) is 0 Å². The third-order valence-corrected chi connectivity index (χ3v) is 2.74. The lowest BCUT2D eigenvalue weighted by atomic mass is 10.2. The van der Waals surface area contributed by atoms with Crippen LogP contribution in [-0.2, 0) is 11.3 Å². The Kier molecular flexibility index (Phi) is 11.0. The fourth-order valence-corrected chi connectivity index (χ4v) is 1.63. The molecule has 6 heteroatoms. The molecule has 2 N–H and O–H groups in total. The van der Waals surface area contributed by atoms with Crippen LogP contribution in [-0.4, -0.2) is 32.8 Å². The van der Waals surface area contributed by atoms with E-state index in [-0.39, 0.29) is 24.0 Å². The Hall–Kier alpha value is -0.530. The molecule has 0 unspecified atom stereocenters. The molecule has 0 radical (unpaired) electrons. The van der Waals surface area contributed by atoms with Gasteiger partial charge in [0.05, 0.1) is 6.61 Å². The van der Waals surface area contributed by atoms with Crippen LogP contribution < -0.4 is 10.6 Å². The summed E-state index contributed by atoms with van der Waals surface area (Å²) >= 11 is 6.08. The predicted molar refractivity (Wildman–Crippen MR) is 91.6 cm³/mol. The fraction of sp³-hybridized carbons (Fsp3) is 0.462. The highest BCUT2D eigenvalue weighted by Crippen LogP contribution is 2.13. The molecule has 1 rings (SSSR count). The van der Waals surface area contributed by atoms with Gasteiger partial charge in [0.25, 0.3) is 0 Å². The van der Waals surface area contributed by atoms with E-state index in [4.69, 9.17) is 16.3 Å². The van der Waals surface area contributed by atoms with Crippen molar-refractivity contribution in [1.82, 2.24) is 10.6 Å². The van der Waals surface area contributed by atoms with Gasteiger partial charge in [-0.05, 0) is 18.6 Å². The highest BCUT2D eigenvalue weighted by atomic mass is 127. The number of hydrogen-bond donors (Lipinski definition) is 2. The number of rotatable bonds is 6. The maximum atomic E-state index is 6.08. The topological polar surface area (TPSA) is 45.6 Å². The predicted octanol–water partition coefficient (Wildman–Crippen LogP) is 2.66. The highest BCUT2D eigenvalue weighted by Gasteiger charge is 2.00. The molecule has 1 aromatic carbocycles. The summed E-state index contributed by atoms with van der Waals surface area (Å²) < 4.78 is 5.24. The van der Waals surface area contributed by atoms with E-state index in [0.717, 1.165) is 29.7 Å². The van der Waals surface area contributed by atoms with Gasteiger partial charge in [-0.15, -0.1) is 24.0 Å². The molecule has 0 bridgehead atoms. The molecule has 0 atom stereocenters. The first-order valence-electron chi connectivity index (χ1n) is 6.03. The van der Waals surface area contributed by atoms with Crippen LogP contribution in [0.25, 0.3) is 0 Å². The van der Waals surface area contributed by atoms with E-state index in [1.165, 1.54) is 0 Å². The summed E-state index contributed by atoms with van der Waals surface area (Å²) in [6.07, 6.45) is 0. The molecule has 4 nitrogen and oxygen atoms in total. The molecule has 0 aliphatic rings. The summed E-state index contributed by atoms with van der Waals surface area (Å²) in [6, 6.07) is 7.75. The number of guanidine groups is 1. The van der Waals surface area contributed by atoms with E-state index < -0.39 is 0 Å². The van der Waals surface area contributed by atoms with Gasteiger partial charge in [-0.1, -0.05) is 29.8 Å². The molecule has 1 aromatic rings. The lowest BCUT2D eigenvalue weighted by molar-refractivity contribution is 0.152. The first kappa shape index (κ1) is 18.5. The standard InChI is InChI=1S/C13H20ClN3O.HI/c1-3-18-9-8-16-13(15-2)17-10-11-6-4-5-7-12(11)14;/h4-7H,3,8-10H2,1-2H3,(H2,15,16,17);1H. The number of benzene rings is 1. The molecule has 0 aliphatic heterocycles. The van der Waals surface area contributed by atoms with Crippen molar-refractivity contribution < 1.29 is 4.74 Å². The van der Waals surface area contributed by atoms with Crippen molar-refractivity contribution in [2.24, 2.45) is 4.99 Å². The van der Waals surface area contributed by atoms with E-state index in [0.29, 0.717) is 13.2 Å². The van der Waals surface area contributed by atoms with Gasteiger partial charge in [0.15, 0.2) is 5.96 Å². The molecule has 0 heterocycles. The van der Waals surface area contributed by atoms with Gasteiger partial charge in [-0.25, -0.2) is 0 Å². The number of hydrogen-bond acceptors (Lipinski definition) is 2. The molecular weight excluding hydrogens is 377 g/mol. The molecule has 0 saturated carbocycles. The highest BCUT2D eigenvalue weighted by molar-refractivity contribution is 14.0. The number of halogens is 2. The van der Waals surface area contributed by atoms with E-state index in [1.54, 1.807) is 7.05 Å². The molecule has 19 heavy (non-hydrogen) atoms. The summed E-state index contributed by atoms with van der Waals surface area (Å²) in [7, 11) is 1.74. The van der Waals surface area contributed by atoms with Crippen LogP contribution in [0.15, 0.2) is 29.3 Å². The Labute approximate surface area is 137 Å². The molecule has 108 valence electrons. The molecule has 0 spiro atoms. The summed E-state index contributed by atoms with van der Waals surface area (Å²) in [5, 5.41) is 7.13. The monoisotopic (exact) mass is 397 g/mol. The van der Waals surface area contributed by atoms with Crippen molar-refractivity contribution >= 4 is 41.5 Å². The van der Waals surface area contributed by atoms with Crippen LogP contribution in [0.5, 0.6) is 0 Å². The number of ether oxygens (including phenoxy) is 1. The maximum Gasteiger partial charge on any atom is 0.191 e. The van der Waals surface area contributed by atoms with Crippen molar-refractivity contribution in [3.05, 3.63) is 34.9 Å². The molecule has 0 aromatic heterocycles. The second kappa shape index (κ2) is 11.3. The van der Waals surface area contributed by atoms with Gasteiger partial charge in [0.1, 0.15) is 0 Å².